The van der Waals surface area contributed by atoms with Crippen LogP contribution in [0.15, 0.2) is 30.3 Å². The van der Waals surface area contributed by atoms with Crippen molar-refractivity contribution < 1.29 is 8.95 Å². The molecule has 0 aromatic heterocycles. The van der Waals surface area contributed by atoms with Crippen LogP contribution in [0.5, 0.6) is 0 Å². The molecule has 3 atom stereocenters. The lowest BCUT2D eigenvalue weighted by atomic mass is 10.0. The van der Waals surface area contributed by atoms with Crippen LogP contribution in [0.2, 0.25) is 0 Å². The molecule has 0 saturated carbocycles. The highest BCUT2D eigenvalue weighted by molar-refractivity contribution is 7.85. The van der Waals surface area contributed by atoms with Gasteiger partial charge in [0.2, 0.25) is 0 Å². The van der Waals surface area contributed by atoms with Gasteiger partial charge in [0.25, 0.3) is 0 Å². The van der Waals surface area contributed by atoms with Crippen molar-refractivity contribution in [3.63, 3.8) is 0 Å². The molecule has 1 aliphatic heterocycles. The van der Waals surface area contributed by atoms with Crippen molar-refractivity contribution in [2.75, 3.05) is 18.1 Å². The fourth-order valence-electron chi connectivity index (χ4n) is 2.37. The molecule has 2 rings (SSSR count). The van der Waals surface area contributed by atoms with Crippen molar-refractivity contribution in [1.82, 2.24) is 0 Å². The molecule has 0 spiro atoms. The first-order valence-electron chi connectivity index (χ1n) is 6.77. The van der Waals surface area contributed by atoms with Gasteiger partial charge in [0.15, 0.2) is 0 Å². The summed E-state index contributed by atoms with van der Waals surface area (Å²) >= 11 is 0. The third-order valence-corrected chi connectivity index (χ3v) is 5.07. The Labute approximate surface area is 112 Å². The van der Waals surface area contributed by atoms with Crippen molar-refractivity contribution in [3.05, 3.63) is 35.9 Å². The van der Waals surface area contributed by atoms with E-state index >= 15 is 0 Å². The molecule has 1 aliphatic rings. The zero-order chi connectivity index (χ0) is 12.8. The van der Waals surface area contributed by atoms with Crippen LogP contribution in [0.4, 0.5) is 0 Å². The molecule has 1 heterocycles. The van der Waals surface area contributed by atoms with Gasteiger partial charge >= 0.3 is 0 Å². The first-order chi connectivity index (χ1) is 8.75. The number of hydrogen-bond acceptors (Lipinski definition) is 2. The Morgan fingerprint density at radius 2 is 2.11 bits per heavy atom. The molecular formula is C15H22O2S. The monoisotopic (exact) mass is 266 g/mol. The van der Waals surface area contributed by atoms with Gasteiger partial charge in [0.05, 0.1) is 6.10 Å². The first kappa shape index (κ1) is 13.8. The Morgan fingerprint density at radius 3 is 2.78 bits per heavy atom. The SMILES string of the molecule is CC(CS(=O)CC1CCCCO1)c1ccccc1. The summed E-state index contributed by atoms with van der Waals surface area (Å²) < 4.78 is 17.8. The maximum atomic E-state index is 12.1. The zero-order valence-corrected chi connectivity index (χ0v) is 11.8. The highest BCUT2D eigenvalue weighted by Crippen LogP contribution is 2.18. The maximum absolute atomic E-state index is 12.1. The van der Waals surface area contributed by atoms with Crippen LogP contribution >= 0.6 is 0 Å². The average Bonchev–Trinajstić information content (AvgIpc) is 2.40. The van der Waals surface area contributed by atoms with Gasteiger partial charge in [0, 0.05) is 28.9 Å². The van der Waals surface area contributed by atoms with Crippen LogP contribution in [0.25, 0.3) is 0 Å². The summed E-state index contributed by atoms with van der Waals surface area (Å²) in [5.41, 5.74) is 1.27. The molecule has 2 nitrogen and oxygen atoms in total. The van der Waals surface area contributed by atoms with Crippen molar-refractivity contribution in [2.24, 2.45) is 0 Å². The van der Waals surface area contributed by atoms with E-state index < -0.39 is 10.8 Å². The van der Waals surface area contributed by atoms with E-state index in [0.717, 1.165) is 25.2 Å². The quantitative estimate of drug-likeness (QED) is 0.818. The van der Waals surface area contributed by atoms with Gasteiger partial charge in [0.1, 0.15) is 0 Å². The van der Waals surface area contributed by atoms with Crippen LogP contribution in [0.1, 0.15) is 37.7 Å². The molecule has 1 aromatic rings. The number of benzene rings is 1. The predicted molar refractivity (Wildman–Crippen MR) is 76.3 cm³/mol. The zero-order valence-electron chi connectivity index (χ0n) is 11.0. The fraction of sp³-hybridized carbons (Fsp3) is 0.600. The first-order valence-corrected chi connectivity index (χ1v) is 8.26. The number of rotatable bonds is 5. The van der Waals surface area contributed by atoms with Crippen molar-refractivity contribution in [2.45, 2.75) is 38.2 Å². The van der Waals surface area contributed by atoms with E-state index in [2.05, 4.69) is 19.1 Å². The molecule has 3 unspecified atom stereocenters. The molecule has 0 amide bonds. The van der Waals surface area contributed by atoms with Gasteiger partial charge in [-0.3, -0.25) is 4.21 Å². The lowest BCUT2D eigenvalue weighted by molar-refractivity contribution is 0.0310. The van der Waals surface area contributed by atoms with Gasteiger partial charge < -0.3 is 4.74 Å². The second-order valence-corrected chi connectivity index (χ2v) is 6.62. The summed E-state index contributed by atoms with van der Waals surface area (Å²) in [7, 11) is -0.773. The number of ether oxygens (including phenoxy) is 1. The lowest BCUT2D eigenvalue weighted by Crippen LogP contribution is -2.26. The molecule has 1 fully saturated rings. The Bertz CT molecular complexity index is 371. The van der Waals surface area contributed by atoms with Gasteiger partial charge in [-0.05, 0) is 30.7 Å². The molecule has 0 radical (unpaired) electrons. The molecule has 0 aliphatic carbocycles. The van der Waals surface area contributed by atoms with Crippen LogP contribution in [0.3, 0.4) is 0 Å². The molecule has 1 aromatic carbocycles. The molecule has 0 bridgehead atoms. The standard InChI is InChI=1S/C15H22O2S/c1-13(14-7-3-2-4-8-14)11-18(16)12-15-9-5-6-10-17-15/h2-4,7-8,13,15H,5-6,9-12H2,1H3. The van der Waals surface area contributed by atoms with Gasteiger partial charge in [-0.1, -0.05) is 37.3 Å². The summed E-state index contributed by atoms with van der Waals surface area (Å²) in [5.74, 6) is 1.80. The molecule has 0 N–H and O–H groups in total. The fourth-order valence-corrected chi connectivity index (χ4v) is 3.93. The van der Waals surface area contributed by atoms with Gasteiger partial charge in [-0.15, -0.1) is 0 Å². The van der Waals surface area contributed by atoms with E-state index in [1.807, 2.05) is 18.2 Å². The van der Waals surface area contributed by atoms with Crippen molar-refractivity contribution in [3.8, 4) is 0 Å². The van der Waals surface area contributed by atoms with E-state index in [1.54, 1.807) is 0 Å². The summed E-state index contributed by atoms with van der Waals surface area (Å²) in [6, 6.07) is 10.3. The van der Waals surface area contributed by atoms with Gasteiger partial charge in [-0.25, -0.2) is 0 Å². The molecule has 18 heavy (non-hydrogen) atoms. The Balaban J connectivity index is 1.80. The highest BCUT2D eigenvalue weighted by atomic mass is 32.2. The van der Waals surface area contributed by atoms with E-state index in [1.165, 1.54) is 12.0 Å². The third-order valence-electron chi connectivity index (χ3n) is 3.45. The second-order valence-electron chi connectivity index (χ2n) is 5.07. The summed E-state index contributed by atoms with van der Waals surface area (Å²) in [6.07, 6.45) is 3.67. The van der Waals surface area contributed by atoms with Crippen LogP contribution < -0.4 is 0 Å². The van der Waals surface area contributed by atoms with Crippen LogP contribution in [-0.2, 0) is 15.5 Å². The average molecular weight is 266 g/mol. The van der Waals surface area contributed by atoms with E-state index in [0.29, 0.717) is 11.7 Å². The van der Waals surface area contributed by atoms with E-state index in [4.69, 9.17) is 4.74 Å². The Hall–Kier alpha value is -0.670. The normalized spacial score (nSPS) is 23.5. The summed E-state index contributed by atoms with van der Waals surface area (Å²) in [4.78, 5) is 0. The van der Waals surface area contributed by atoms with Crippen molar-refractivity contribution >= 4 is 10.8 Å². The highest BCUT2D eigenvalue weighted by Gasteiger charge is 2.18. The minimum atomic E-state index is -0.773. The van der Waals surface area contributed by atoms with E-state index in [-0.39, 0.29) is 6.10 Å². The molecule has 3 heteroatoms. The van der Waals surface area contributed by atoms with Crippen LogP contribution in [-0.4, -0.2) is 28.4 Å². The van der Waals surface area contributed by atoms with E-state index in [9.17, 15) is 4.21 Å². The Morgan fingerprint density at radius 1 is 1.33 bits per heavy atom. The predicted octanol–water partition coefficient (Wildman–Crippen LogP) is 3.11. The topological polar surface area (TPSA) is 26.3 Å². The number of hydrogen-bond donors (Lipinski definition) is 0. The molecule has 100 valence electrons. The minimum absolute atomic E-state index is 0.225. The maximum Gasteiger partial charge on any atom is 0.0690 e. The van der Waals surface area contributed by atoms with Crippen molar-refractivity contribution in [1.29, 1.82) is 0 Å². The second kappa shape index (κ2) is 7.05. The third kappa shape index (κ3) is 4.21. The summed E-state index contributed by atoms with van der Waals surface area (Å²) in [6.45, 7) is 2.99. The van der Waals surface area contributed by atoms with Crippen LogP contribution in [0, 0.1) is 0 Å². The molecular weight excluding hydrogens is 244 g/mol. The lowest BCUT2D eigenvalue weighted by Gasteiger charge is -2.22. The Kier molecular flexibility index (Phi) is 5.39. The molecule has 1 saturated heterocycles. The largest absolute Gasteiger partial charge is 0.377 e. The summed E-state index contributed by atoms with van der Waals surface area (Å²) in [5, 5.41) is 0. The smallest absolute Gasteiger partial charge is 0.0690 e. The van der Waals surface area contributed by atoms with Gasteiger partial charge in [-0.2, -0.15) is 0 Å². The minimum Gasteiger partial charge on any atom is -0.377 e.